The van der Waals surface area contributed by atoms with Crippen molar-refractivity contribution in [2.45, 2.75) is 57.9 Å². The smallest absolute Gasteiger partial charge is 0.333 e. The van der Waals surface area contributed by atoms with Crippen molar-refractivity contribution in [3.8, 4) is 0 Å². The van der Waals surface area contributed by atoms with E-state index in [1.165, 1.54) is 19.3 Å². The Morgan fingerprint density at radius 2 is 1.72 bits per heavy atom. The molecular weight excluding hydrogens is 454 g/mol. The van der Waals surface area contributed by atoms with Gasteiger partial charge in [-0.1, -0.05) is 51.8 Å². The molecule has 0 aromatic rings. The van der Waals surface area contributed by atoms with Crippen LogP contribution in [0.1, 0.15) is 45.4 Å². The van der Waals surface area contributed by atoms with Crippen molar-refractivity contribution in [2.75, 3.05) is 0 Å². The molecule has 0 amide bonds. The first-order valence-corrected chi connectivity index (χ1v) is 8.66. The van der Waals surface area contributed by atoms with Gasteiger partial charge in [0.25, 0.3) is 0 Å². The molecule has 0 radical (unpaired) electrons. The molecule has 4 saturated carbocycles. The summed E-state index contributed by atoms with van der Waals surface area (Å²) in [4.78, 5) is 11.9. The van der Waals surface area contributed by atoms with E-state index in [9.17, 15) is 4.79 Å². The normalized spacial score (nSPS) is 49.2. The van der Waals surface area contributed by atoms with Crippen LogP contribution in [-0.4, -0.2) is 18.4 Å². The largest absolute Gasteiger partial charge is 0.456 e. The van der Waals surface area contributed by atoms with E-state index in [4.69, 9.17) is 4.74 Å². The average molecular weight is 472 g/mol. The van der Waals surface area contributed by atoms with Crippen LogP contribution in [0.15, 0.2) is 12.2 Å². The zero-order chi connectivity index (χ0) is 13.2. The number of carbonyl (C=O) groups excluding carboxylic acids is 1. The molecule has 4 bridgehead atoms. The van der Waals surface area contributed by atoms with Crippen molar-refractivity contribution in [1.82, 2.24) is 0 Å². The number of carbonyl (C=O) groups is 1. The second-order valence-corrected chi connectivity index (χ2v) is 11.2. The highest BCUT2D eigenvalue weighted by molar-refractivity contribution is 14.1. The summed E-state index contributed by atoms with van der Waals surface area (Å²) in [5, 5.41) is 0. The number of ether oxygens (including phenoxy) is 1. The van der Waals surface area contributed by atoms with E-state index in [1.807, 2.05) is 0 Å². The van der Waals surface area contributed by atoms with E-state index in [0.717, 1.165) is 25.2 Å². The Labute approximate surface area is 136 Å². The van der Waals surface area contributed by atoms with Crippen LogP contribution in [0.25, 0.3) is 0 Å². The highest BCUT2D eigenvalue weighted by Crippen LogP contribution is 2.66. The molecule has 100 valence electrons. The summed E-state index contributed by atoms with van der Waals surface area (Å²) < 4.78 is 6.60. The number of hydrogen-bond acceptors (Lipinski definition) is 2. The van der Waals surface area contributed by atoms with Crippen LogP contribution in [0, 0.1) is 5.92 Å². The molecular formula is C14H18I2O2. The van der Waals surface area contributed by atoms with Gasteiger partial charge < -0.3 is 4.74 Å². The van der Waals surface area contributed by atoms with Gasteiger partial charge in [-0.05, 0) is 38.5 Å². The monoisotopic (exact) mass is 472 g/mol. The Bertz CT molecular complexity index is 414. The molecule has 2 atom stereocenters. The first-order valence-electron chi connectivity index (χ1n) is 6.50. The van der Waals surface area contributed by atoms with Gasteiger partial charge in [0.05, 0.1) is 0 Å². The highest BCUT2D eigenvalue weighted by atomic mass is 127. The summed E-state index contributed by atoms with van der Waals surface area (Å²) in [6.45, 7) is 5.45. The molecule has 18 heavy (non-hydrogen) atoms. The van der Waals surface area contributed by atoms with Gasteiger partial charge in [-0.2, -0.15) is 0 Å². The van der Waals surface area contributed by atoms with E-state index in [2.05, 4.69) is 51.8 Å². The van der Waals surface area contributed by atoms with Crippen LogP contribution in [0.3, 0.4) is 0 Å². The fourth-order valence-corrected chi connectivity index (χ4v) is 9.34. The van der Waals surface area contributed by atoms with Crippen molar-refractivity contribution in [3.63, 3.8) is 0 Å². The van der Waals surface area contributed by atoms with Crippen molar-refractivity contribution in [2.24, 2.45) is 5.92 Å². The van der Waals surface area contributed by atoms with E-state index in [1.54, 1.807) is 6.92 Å². The Morgan fingerprint density at radius 3 is 2.17 bits per heavy atom. The lowest BCUT2D eigenvalue weighted by Gasteiger charge is -2.62. The average Bonchev–Trinajstić information content (AvgIpc) is 2.09. The van der Waals surface area contributed by atoms with Crippen LogP contribution >= 0.6 is 45.2 Å². The SMILES string of the molecule is C=C(C)C(=O)OC12CC3CC(I)(CC(I)(C3)C1)C2. The van der Waals surface area contributed by atoms with E-state index in [0.29, 0.717) is 12.4 Å². The molecule has 4 heteroatoms. The van der Waals surface area contributed by atoms with Gasteiger partial charge in [0.2, 0.25) is 0 Å². The lowest BCUT2D eigenvalue weighted by atomic mass is 9.54. The minimum Gasteiger partial charge on any atom is -0.456 e. The van der Waals surface area contributed by atoms with E-state index < -0.39 is 0 Å². The Kier molecular flexibility index (Phi) is 3.10. The van der Waals surface area contributed by atoms with Crippen molar-refractivity contribution < 1.29 is 9.53 Å². The second-order valence-electron chi connectivity index (χ2n) is 6.66. The predicted octanol–water partition coefficient (Wildman–Crippen LogP) is 4.19. The van der Waals surface area contributed by atoms with Crippen molar-refractivity contribution in [3.05, 3.63) is 12.2 Å². The minimum atomic E-state index is -0.197. The van der Waals surface area contributed by atoms with Gasteiger partial charge in [0, 0.05) is 25.3 Å². The van der Waals surface area contributed by atoms with E-state index in [-0.39, 0.29) is 11.6 Å². The van der Waals surface area contributed by atoms with Gasteiger partial charge in [-0.25, -0.2) is 4.79 Å². The van der Waals surface area contributed by atoms with Crippen LogP contribution < -0.4 is 0 Å². The molecule has 4 aliphatic rings. The number of rotatable bonds is 2. The predicted molar refractivity (Wildman–Crippen MR) is 88.3 cm³/mol. The van der Waals surface area contributed by atoms with Crippen molar-refractivity contribution in [1.29, 1.82) is 0 Å². The summed E-state index contributed by atoms with van der Waals surface area (Å²) in [7, 11) is 0. The molecule has 2 nitrogen and oxygen atoms in total. The van der Waals surface area contributed by atoms with Gasteiger partial charge in [0.1, 0.15) is 5.60 Å². The van der Waals surface area contributed by atoms with Crippen LogP contribution in [0.2, 0.25) is 0 Å². The number of halogens is 2. The molecule has 4 rings (SSSR count). The van der Waals surface area contributed by atoms with Gasteiger partial charge in [-0.3, -0.25) is 0 Å². The molecule has 2 unspecified atom stereocenters. The summed E-state index contributed by atoms with van der Waals surface area (Å²) in [6, 6.07) is 0. The number of alkyl halides is 2. The molecule has 0 spiro atoms. The quantitative estimate of drug-likeness (QED) is 0.261. The molecule has 4 fully saturated rings. The zero-order valence-electron chi connectivity index (χ0n) is 10.6. The molecule has 0 N–H and O–H groups in total. The van der Waals surface area contributed by atoms with Crippen molar-refractivity contribution >= 4 is 51.2 Å². The van der Waals surface area contributed by atoms with Gasteiger partial charge in [-0.15, -0.1) is 0 Å². The summed E-state index contributed by atoms with van der Waals surface area (Å²) in [5.74, 6) is 0.546. The minimum absolute atomic E-state index is 0.197. The van der Waals surface area contributed by atoms with Gasteiger partial charge >= 0.3 is 5.97 Å². The fraction of sp³-hybridized carbons (Fsp3) is 0.786. The third kappa shape index (κ3) is 2.25. The zero-order valence-corrected chi connectivity index (χ0v) is 14.9. The van der Waals surface area contributed by atoms with Crippen LogP contribution in [0.4, 0.5) is 0 Å². The lowest BCUT2D eigenvalue weighted by molar-refractivity contribution is -0.173. The first-order chi connectivity index (χ1) is 8.23. The maximum Gasteiger partial charge on any atom is 0.333 e. The first kappa shape index (κ1) is 13.6. The molecule has 4 aliphatic carbocycles. The van der Waals surface area contributed by atoms with E-state index >= 15 is 0 Å². The fourth-order valence-electron chi connectivity index (χ4n) is 4.52. The maximum atomic E-state index is 11.9. The maximum absolute atomic E-state index is 11.9. The molecule has 0 aromatic heterocycles. The summed E-state index contributed by atoms with van der Waals surface area (Å²) in [6.07, 6.45) is 7.06. The Hall–Kier alpha value is 0.670. The third-order valence-electron chi connectivity index (χ3n) is 4.54. The lowest BCUT2D eigenvalue weighted by Crippen LogP contribution is -2.63. The third-order valence-corrected chi connectivity index (χ3v) is 6.95. The molecule has 0 heterocycles. The Balaban J connectivity index is 1.89. The van der Waals surface area contributed by atoms with Crippen LogP contribution in [0.5, 0.6) is 0 Å². The number of hydrogen-bond donors (Lipinski definition) is 0. The van der Waals surface area contributed by atoms with Gasteiger partial charge in [0.15, 0.2) is 0 Å². The second kappa shape index (κ2) is 4.09. The standard InChI is InChI=1S/C14H18I2O2/c1-9(2)11(17)18-14-5-10-3-12(15,7-14)6-13(16,4-10)8-14/h10H,1,3-8H2,2H3. The Morgan fingerprint density at radius 1 is 1.17 bits per heavy atom. The highest BCUT2D eigenvalue weighted by Gasteiger charge is 2.63. The topological polar surface area (TPSA) is 26.3 Å². The summed E-state index contributed by atoms with van der Waals surface area (Å²) >= 11 is 5.26. The summed E-state index contributed by atoms with van der Waals surface area (Å²) in [5.41, 5.74) is 0.327. The molecule has 0 aromatic carbocycles. The number of esters is 1. The van der Waals surface area contributed by atoms with Crippen LogP contribution in [-0.2, 0) is 9.53 Å². The molecule has 0 saturated heterocycles. The molecule has 0 aliphatic heterocycles.